The number of hydrogen-bond donors (Lipinski definition) is 2. The first kappa shape index (κ1) is 10.2. The van der Waals surface area contributed by atoms with Gasteiger partial charge in [-0.1, -0.05) is 24.0 Å². The zero-order valence-electron chi connectivity index (χ0n) is 7.46. The minimum absolute atomic E-state index is 0.598. The monoisotopic (exact) mass is 191 g/mol. The molecule has 1 nitrogen and oxygen atoms in total. The van der Waals surface area contributed by atoms with Gasteiger partial charge in [0.2, 0.25) is 0 Å². The smallest absolute Gasteiger partial charge is 0.0521 e. The minimum atomic E-state index is 0.598. The summed E-state index contributed by atoms with van der Waals surface area (Å²) in [4.78, 5) is 0. The van der Waals surface area contributed by atoms with E-state index in [0.29, 0.717) is 12.3 Å². The molecule has 0 radical (unpaired) electrons. The lowest BCUT2D eigenvalue weighted by Crippen LogP contribution is -2.02. The van der Waals surface area contributed by atoms with Crippen LogP contribution in [0.15, 0.2) is 24.3 Å². The summed E-state index contributed by atoms with van der Waals surface area (Å²) in [6, 6.07) is 8.14. The first-order valence-corrected chi connectivity index (χ1v) is 4.89. The molecular formula is C11H13NS. The Kier molecular flexibility index (Phi) is 4.45. The Morgan fingerprint density at radius 1 is 1.38 bits per heavy atom. The highest BCUT2D eigenvalue weighted by molar-refractivity contribution is 7.80. The Balaban J connectivity index is 2.79. The second kappa shape index (κ2) is 5.69. The van der Waals surface area contributed by atoms with E-state index in [1.807, 2.05) is 12.1 Å². The number of hydrogen-bond acceptors (Lipinski definition) is 2. The summed E-state index contributed by atoms with van der Waals surface area (Å²) in [5.41, 5.74) is 7.75. The molecule has 0 heterocycles. The van der Waals surface area contributed by atoms with Gasteiger partial charge >= 0.3 is 0 Å². The van der Waals surface area contributed by atoms with Gasteiger partial charge in [0, 0.05) is 5.56 Å². The van der Waals surface area contributed by atoms with Gasteiger partial charge < -0.3 is 5.73 Å². The van der Waals surface area contributed by atoms with Crippen LogP contribution in [0.5, 0.6) is 0 Å². The summed E-state index contributed by atoms with van der Waals surface area (Å²) in [6.45, 7) is 0.684. The van der Waals surface area contributed by atoms with Crippen molar-refractivity contribution in [3.8, 4) is 11.8 Å². The zero-order chi connectivity index (χ0) is 9.52. The molecule has 0 aromatic heterocycles. The molecule has 2 heteroatoms. The molecule has 0 saturated heterocycles. The first-order chi connectivity index (χ1) is 6.36. The average molecular weight is 191 g/mol. The van der Waals surface area contributed by atoms with Gasteiger partial charge in [0.15, 0.2) is 0 Å². The predicted octanol–water partition coefficient (Wildman–Crippen LogP) is 1.47. The van der Waals surface area contributed by atoms with Gasteiger partial charge in [-0.05, 0) is 30.7 Å². The lowest BCUT2D eigenvalue weighted by molar-refractivity contribution is 0.968. The van der Waals surface area contributed by atoms with Crippen LogP contribution in [-0.4, -0.2) is 12.3 Å². The van der Waals surface area contributed by atoms with Crippen molar-refractivity contribution < 1.29 is 0 Å². The number of rotatable bonds is 2. The molecule has 2 N–H and O–H groups in total. The van der Waals surface area contributed by atoms with Gasteiger partial charge in [0.25, 0.3) is 0 Å². The quantitative estimate of drug-likeness (QED) is 0.537. The SMILES string of the molecule is NCCc1cccc(C#CCS)c1. The molecule has 0 saturated carbocycles. The van der Waals surface area contributed by atoms with Crippen molar-refractivity contribution in [1.82, 2.24) is 0 Å². The molecule has 1 aromatic carbocycles. The largest absolute Gasteiger partial charge is 0.330 e. The Morgan fingerprint density at radius 2 is 2.23 bits per heavy atom. The molecule has 0 amide bonds. The van der Waals surface area contributed by atoms with Crippen LogP contribution in [0.3, 0.4) is 0 Å². The van der Waals surface area contributed by atoms with Crippen LogP contribution >= 0.6 is 12.6 Å². The van der Waals surface area contributed by atoms with Crippen LogP contribution in [0.4, 0.5) is 0 Å². The van der Waals surface area contributed by atoms with E-state index >= 15 is 0 Å². The van der Waals surface area contributed by atoms with Crippen LogP contribution in [0.2, 0.25) is 0 Å². The molecule has 0 atom stereocenters. The molecule has 0 aliphatic carbocycles. The third-order valence-corrected chi connectivity index (χ3v) is 1.83. The third-order valence-electron chi connectivity index (χ3n) is 1.67. The van der Waals surface area contributed by atoms with Crippen LogP contribution in [-0.2, 0) is 6.42 Å². The van der Waals surface area contributed by atoms with Gasteiger partial charge in [-0.2, -0.15) is 12.6 Å². The van der Waals surface area contributed by atoms with Crippen LogP contribution in [0.1, 0.15) is 11.1 Å². The van der Waals surface area contributed by atoms with Crippen LogP contribution in [0.25, 0.3) is 0 Å². The van der Waals surface area contributed by atoms with Crippen molar-refractivity contribution in [3.63, 3.8) is 0 Å². The second-order valence-corrected chi connectivity index (χ2v) is 3.02. The van der Waals surface area contributed by atoms with E-state index in [1.165, 1.54) is 5.56 Å². The van der Waals surface area contributed by atoms with Gasteiger partial charge in [0.1, 0.15) is 0 Å². The number of thiol groups is 1. The van der Waals surface area contributed by atoms with Gasteiger partial charge in [-0.15, -0.1) is 0 Å². The fraction of sp³-hybridized carbons (Fsp3) is 0.273. The van der Waals surface area contributed by atoms with Crippen molar-refractivity contribution >= 4 is 12.6 Å². The molecule has 68 valence electrons. The van der Waals surface area contributed by atoms with Crippen molar-refractivity contribution in [3.05, 3.63) is 35.4 Å². The van der Waals surface area contributed by atoms with Crippen molar-refractivity contribution in [2.45, 2.75) is 6.42 Å². The van der Waals surface area contributed by atoms with E-state index < -0.39 is 0 Å². The van der Waals surface area contributed by atoms with Gasteiger partial charge in [0.05, 0.1) is 5.75 Å². The number of benzene rings is 1. The van der Waals surface area contributed by atoms with Crippen molar-refractivity contribution in [2.75, 3.05) is 12.3 Å². The van der Waals surface area contributed by atoms with E-state index in [1.54, 1.807) is 0 Å². The van der Waals surface area contributed by atoms with Crippen molar-refractivity contribution in [2.24, 2.45) is 5.73 Å². The highest BCUT2D eigenvalue weighted by atomic mass is 32.1. The van der Waals surface area contributed by atoms with E-state index in [-0.39, 0.29) is 0 Å². The van der Waals surface area contributed by atoms with Gasteiger partial charge in [-0.25, -0.2) is 0 Å². The molecular weight excluding hydrogens is 178 g/mol. The van der Waals surface area contributed by atoms with E-state index in [4.69, 9.17) is 5.73 Å². The summed E-state index contributed by atoms with van der Waals surface area (Å²) in [5.74, 6) is 6.54. The lowest BCUT2D eigenvalue weighted by Gasteiger charge is -1.98. The molecule has 1 rings (SSSR count). The molecule has 1 aromatic rings. The number of nitrogens with two attached hydrogens (primary N) is 1. The van der Waals surface area contributed by atoms with Crippen molar-refractivity contribution in [1.29, 1.82) is 0 Å². The Bertz CT molecular complexity index is 322. The van der Waals surface area contributed by atoms with E-state index in [9.17, 15) is 0 Å². The summed E-state index contributed by atoms with van der Waals surface area (Å²) in [5, 5.41) is 0. The minimum Gasteiger partial charge on any atom is -0.330 e. The van der Waals surface area contributed by atoms with E-state index in [0.717, 1.165) is 12.0 Å². The van der Waals surface area contributed by atoms with E-state index in [2.05, 4.69) is 36.6 Å². The molecule has 13 heavy (non-hydrogen) atoms. The topological polar surface area (TPSA) is 26.0 Å². The fourth-order valence-corrected chi connectivity index (χ4v) is 1.19. The Labute approximate surface area is 84.8 Å². The molecule has 0 aliphatic heterocycles. The normalized spacial score (nSPS) is 9.08. The Morgan fingerprint density at radius 3 is 2.92 bits per heavy atom. The Hall–Kier alpha value is -0.910. The summed E-state index contributed by atoms with van der Waals surface area (Å²) in [6.07, 6.45) is 0.913. The first-order valence-electron chi connectivity index (χ1n) is 4.25. The summed E-state index contributed by atoms with van der Waals surface area (Å²) >= 11 is 4.02. The molecule has 0 fully saturated rings. The maximum Gasteiger partial charge on any atom is 0.0521 e. The predicted molar refractivity (Wildman–Crippen MR) is 59.9 cm³/mol. The van der Waals surface area contributed by atoms with Crippen LogP contribution in [0, 0.1) is 11.8 Å². The summed E-state index contributed by atoms with van der Waals surface area (Å²) < 4.78 is 0. The average Bonchev–Trinajstić information content (AvgIpc) is 2.16. The lowest BCUT2D eigenvalue weighted by atomic mass is 10.1. The standard InChI is InChI=1S/C11H13NS/c12-7-6-11-4-1-3-10(9-11)5-2-8-13/h1,3-4,9,13H,6-8,12H2. The highest BCUT2D eigenvalue weighted by Gasteiger charge is 1.91. The maximum atomic E-state index is 5.46. The highest BCUT2D eigenvalue weighted by Crippen LogP contribution is 2.04. The summed E-state index contributed by atoms with van der Waals surface area (Å²) in [7, 11) is 0. The zero-order valence-corrected chi connectivity index (χ0v) is 8.35. The molecule has 0 aliphatic rings. The van der Waals surface area contributed by atoms with Crippen LogP contribution < -0.4 is 5.73 Å². The maximum absolute atomic E-state index is 5.46. The second-order valence-electron chi connectivity index (χ2n) is 2.70. The van der Waals surface area contributed by atoms with Gasteiger partial charge in [-0.3, -0.25) is 0 Å². The fourth-order valence-electron chi connectivity index (χ4n) is 1.11. The molecule has 0 unspecified atom stereocenters. The molecule has 0 bridgehead atoms. The molecule has 0 spiro atoms. The third kappa shape index (κ3) is 3.54.